The molecule has 0 aliphatic rings. The van der Waals surface area contributed by atoms with Gasteiger partial charge in [-0.3, -0.25) is 0 Å². The Balaban J connectivity index is 2.06. The predicted molar refractivity (Wildman–Crippen MR) is 81.2 cm³/mol. The first kappa shape index (κ1) is 14.4. The molecular weight excluding hydrogens is 300 g/mol. The molecule has 2 aromatic carbocycles. The van der Waals surface area contributed by atoms with Crippen molar-refractivity contribution in [1.29, 1.82) is 0 Å². The zero-order chi connectivity index (χ0) is 15.6. The van der Waals surface area contributed by atoms with E-state index < -0.39 is 15.1 Å². The summed E-state index contributed by atoms with van der Waals surface area (Å²) in [6.07, 6.45) is 0. The molecule has 0 aliphatic heterocycles. The molecule has 7 heteroatoms. The van der Waals surface area contributed by atoms with Crippen molar-refractivity contribution in [2.75, 3.05) is 0 Å². The Kier molecular flexibility index (Phi) is 3.72. The second-order valence-electron chi connectivity index (χ2n) is 4.81. The molecule has 1 aromatic heterocycles. The molecule has 0 fully saturated rings. The minimum Gasteiger partial charge on any atom is -0.220 e. The lowest BCUT2D eigenvalue weighted by atomic mass is 10.2. The zero-order valence-corrected chi connectivity index (χ0v) is 12.7. The average Bonchev–Trinajstić information content (AvgIpc) is 3.06. The van der Waals surface area contributed by atoms with Crippen molar-refractivity contribution in [2.24, 2.45) is 0 Å². The molecule has 0 saturated heterocycles. The Labute approximate surface area is 128 Å². The number of hydrogen-bond donors (Lipinski definition) is 0. The van der Waals surface area contributed by atoms with Crippen LogP contribution in [0.5, 0.6) is 0 Å². The predicted octanol–water partition coefficient (Wildman–Crippen LogP) is 2.20. The van der Waals surface area contributed by atoms with Gasteiger partial charge in [-0.25, -0.2) is 8.42 Å². The van der Waals surface area contributed by atoms with E-state index in [2.05, 4.69) is 15.5 Å². The van der Waals surface area contributed by atoms with Crippen LogP contribution < -0.4 is 0 Å². The van der Waals surface area contributed by atoms with Crippen molar-refractivity contribution in [1.82, 2.24) is 20.2 Å². The quantitative estimate of drug-likeness (QED) is 0.737. The second-order valence-corrected chi connectivity index (χ2v) is 6.97. The lowest BCUT2D eigenvalue weighted by molar-refractivity contribution is 0.570. The number of hydrogen-bond acceptors (Lipinski definition) is 5. The Bertz CT molecular complexity index is 861. The van der Waals surface area contributed by atoms with Crippen LogP contribution >= 0.6 is 0 Å². The number of tetrazole rings is 1. The van der Waals surface area contributed by atoms with E-state index in [0.717, 1.165) is 0 Å². The molecule has 3 rings (SSSR count). The first-order valence-electron chi connectivity index (χ1n) is 6.73. The van der Waals surface area contributed by atoms with Crippen LogP contribution in [0.1, 0.15) is 17.7 Å². The molecule has 6 nitrogen and oxygen atoms in total. The smallest absolute Gasteiger partial charge is 0.220 e. The highest BCUT2D eigenvalue weighted by Gasteiger charge is 2.31. The Hall–Kier alpha value is -2.54. The van der Waals surface area contributed by atoms with Crippen LogP contribution in [0.4, 0.5) is 0 Å². The maximum atomic E-state index is 12.8. The Morgan fingerprint density at radius 2 is 1.55 bits per heavy atom. The summed E-state index contributed by atoms with van der Waals surface area (Å²) >= 11 is 0. The van der Waals surface area contributed by atoms with E-state index in [1.54, 1.807) is 43.3 Å². The minimum absolute atomic E-state index is 0.157. The van der Waals surface area contributed by atoms with Crippen molar-refractivity contribution in [3.8, 4) is 5.69 Å². The number of benzene rings is 2. The topological polar surface area (TPSA) is 77.7 Å². The van der Waals surface area contributed by atoms with Gasteiger partial charge < -0.3 is 0 Å². The monoisotopic (exact) mass is 314 g/mol. The molecule has 0 aliphatic carbocycles. The van der Waals surface area contributed by atoms with Crippen LogP contribution in [0.2, 0.25) is 0 Å². The number of sulfone groups is 1. The van der Waals surface area contributed by atoms with Gasteiger partial charge in [-0.15, -0.1) is 0 Å². The van der Waals surface area contributed by atoms with Gasteiger partial charge in [0.25, 0.3) is 5.16 Å². The summed E-state index contributed by atoms with van der Waals surface area (Å²) in [6, 6.07) is 18.0. The van der Waals surface area contributed by atoms with E-state index >= 15 is 0 Å². The fourth-order valence-corrected chi connectivity index (χ4v) is 3.51. The van der Waals surface area contributed by atoms with Crippen LogP contribution in [0.3, 0.4) is 0 Å². The molecular formula is C15H14N4O2S. The van der Waals surface area contributed by atoms with E-state index in [-0.39, 0.29) is 5.16 Å². The van der Waals surface area contributed by atoms with Gasteiger partial charge in [-0.2, -0.15) is 4.68 Å². The van der Waals surface area contributed by atoms with Crippen molar-refractivity contribution >= 4 is 9.84 Å². The summed E-state index contributed by atoms with van der Waals surface area (Å²) in [7, 11) is -3.70. The molecule has 0 spiro atoms. The fourth-order valence-electron chi connectivity index (χ4n) is 2.15. The van der Waals surface area contributed by atoms with Crippen LogP contribution in [0, 0.1) is 0 Å². The third kappa shape index (κ3) is 2.50. The molecule has 0 radical (unpaired) electrons. The van der Waals surface area contributed by atoms with Crippen LogP contribution in [0.15, 0.2) is 65.8 Å². The van der Waals surface area contributed by atoms with Gasteiger partial charge in [-0.1, -0.05) is 53.6 Å². The summed E-state index contributed by atoms with van der Waals surface area (Å²) in [5.41, 5.74) is 1.30. The molecule has 112 valence electrons. The molecule has 22 heavy (non-hydrogen) atoms. The first-order valence-corrected chi connectivity index (χ1v) is 8.28. The zero-order valence-electron chi connectivity index (χ0n) is 11.9. The second kappa shape index (κ2) is 5.69. The molecule has 0 saturated carbocycles. The van der Waals surface area contributed by atoms with Crippen molar-refractivity contribution in [3.05, 3.63) is 66.2 Å². The van der Waals surface area contributed by atoms with E-state index in [1.807, 2.05) is 24.3 Å². The van der Waals surface area contributed by atoms with Crippen LogP contribution in [-0.4, -0.2) is 28.6 Å². The largest absolute Gasteiger partial charge is 0.273 e. The van der Waals surface area contributed by atoms with Crippen LogP contribution in [-0.2, 0) is 9.84 Å². The molecule has 3 aromatic rings. The summed E-state index contributed by atoms with van der Waals surface area (Å²) in [4.78, 5) is 0. The highest BCUT2D eigenvalue weighted by atomic mass is 32.2. The molecule has 1 heterocycles. The number of para-hydroxylation sites is 1. The first-order chi connectivity index (χ1) is 10.6. The molecule has 1 atom stereocenters. The van der Waals surface area contributed by atoms with E-state index in [9.17, 15) is 8.42 Å². The van der Waals surface area contributed by atoms with Crippen LogP contribution in [0.25, 0.3) is 5.69 Å². The average molecular weight is 314 g/mol. The van der Waals surface area contributed by atoms with Gasteiger partial charge in [0.1, 0.15) is 0 Å². The number of nitrogens with zero attached hydrogens (tertiary/aromatic N) is 4. The SMILES string of the molecule is CC(c1ccccc1)S(=O)(=O)c1nnnn1-c1ccccc1. The molecule has 0 amide bonds. The van der Waals surface area contributed by atoms with Gasteiger partial charge in [0, 0.05) is 0 Å². The van der Waals surface area contributed by atoms with Crippen molar-refractivity contribution in [3.63, 3.8) is 0 Å². The van der Waals surface area contributed by atoms with Crippen molar-refractivity contribution in [2.45, 2.75) is 17.3 Å². The summed E-state index contributed by atoms with van der Waals surface area (Å²) < 4.78 is 26.9. The maximum Gasteiger partial charge on any atom is 0.273 e. The highest BCUT2D eigenvalue weighted by Crippen LogP contribution is 2.27. The Morgan fingerprint density at radius 1 is 0.955 bits per heavy atom. The van der Waals surface area contributed by atoms with Gasteiger partial charge in [0.2, 0.25) is 9.84 Å². The van der Waals surface area contributed by atoms with E-state index in [4.69, 9.17) is 0 Å². The van der Waals surface area contributed by atoms with E-state index in [1.165, 1.54) is 4.68 Å². The lowest BCUT2D eigenvalue weighted by Crippen LogP contribution is -2.16. The molecule has 0 N–H and O–H groups in total. The molecule has 0 bridgehead atoms. The standard InChI is InChI=1S/C15H14N4O2S/c1-12(13-8-4-2-5-9-13)22(20,21)15-16-17-18-19(15)14-10-6-3-7-11-14/h2-12H,1H3. The number of rotatable bonds is 4. The third-order valence-electron chi connectivity index (χ3n) is 3.43. The summed E-state index contributed by atoms with van der Waals surface area (Å²) in [5, 5.41) is 10.2. The highest BCUT2D eigenvalue weighted by molar-refractivity contribution is 7.91. The van der Waals surface area contributed by atoms with Gasteiger partial charge in [-0.05, 0) is 35.0 Å². The Morgan fingerprint density at radius 3 is 2.18 bits per heavy atom. The van der Waals surface area contributed by atoms with Gasteiger partial charge in [0.05, 0.1) is 10.9 Å². The third-order valence-corrected chi connectivity index (χ3v) is 5.40. The molecule has 1 unspecified atom stereocenters. The maximum absolute atomic E-state index is 12.8. The lowest BCUT2D eigenvalue weighted by Gasteiger charge is -2.12. The summed E-state index contributed by atoms with van der Waals surface area (Å²) in [6.45, 7) is 1.63. The normalized spacial score (nSPS) is 13.0. The van der Waals surface area contributed by atoms with Gasteiger partial charge in [0.15, 0.2) is 0 Å². The summed E-state index contributed by atoms with van der Waals surface area (Å²) in [5.74, 6) is 0. The van der Waals surface area contributed by atoms with E-state index in [0.29, 0.717) is 11.3 Å². The number of aromatic nitrogens is 4. The fraction of sp³-hybridized carbons (Fsp3) is 0.133. The van der Waals surface area contributed by atoms with Gasteiger partial charge >= 0.3 is 0 Å². The minimum atomic E-state index is -3.70. The van der Waals surface area contributed by atoms with Crippen molar-refractivity contribution < 1.29 is 8.42 Å².